The van der Waals surface area contributed by atoms with E-state index in [1.54, 1.807) is 73.8 Å². The van der Waals surface area contributed by atoms with Gasteiger partial charge in [0.1, 0.15) is 29.4 Å². The maximum atomic E-state index is 13.2. The molecule has 1 fully saturated rings. The Balaban J connectivity index is 1.52. The number of anilines is 1. The molecule has 5 amide bonds. The number of benzene rings is 3. The summed E-state index contributed by atoms with van der Waals surface area (Å²) in [7, 11) is 3.07. The molecule has 2 N–H and O–H groups in total. The van der Waals surface area contributed by atoms with Gasteiger partial charge in [0.05, 0.1) is 20.8 Å². The number of nitrogens with zero attached hydrogens (tertiary/aromatic N) is 1. The lowest BCUT2D eigenvalue weighted by molar-refractivity contribution is -0.130. The van der Waals surface area contributed by atoms with Crippen molar-refractivity contribution in [3.8, 4) is 17.2 Å². The maximum absolute atomic E-state index is 13.2. The lowest BCUT2D eigenvalue weighted by Gasteiger charge is -2.26. The Labute approximate surface area is 225 Å². The van der Waals surface area contributed by atoms with Gasteiger partial charge in [0.15, 0.2) is 0 Å². The number of hydrogen-bond acceptors (Lipinski definition) is 7. The first-order valence-corrected chi connectivity index (χ1v) is 12.0. The lowest BCUT2D eigenvalue weighted by atomic mass is 10.0. The van der Waals surface area contributed by atoms with Gasteiger partial charge < -0.3 is 19.5 Å². The van der Waals surface area contributed by atoms with Gasteiger partial charge in [-0.1, -0.05) is 18.2 Å². The van der Waals surface area contributed by atoms with Crippen molar-refractivity contribution in [1.82, 2.24) is 10.2 Å². The van der Waals surface area contributed by atoms with E-state index in [0.717, 1.165) is 4.90 Å². The average molecular weight is 530 g/mol. The summed E-state index contributed by atoms with van der Waals surface area (Å²) in [5, 5.41) is 4.92. The summed E-state index contributed by atoms with van der Waals surface area (Å²) in [6.07, 6.45) is 1.43. The molecule has 1 aliphatic rings. The van der Waals surface area contributed by atoms with Crippen LogP contribution in [-0.4, -0.2) is 42.9 Å². The molecule has 4 rings (SSSR count). The molecule has 39 heavy (non-hydrogen) atoms. The summed E-state index contributed by atoms with van der Waals surface area (Å²) in [6.45, 7) is 1.56. The lowest BCUT2D eigenvalue weighted by Crippen LogP contribution is -2.53. The molecular formula is C29H27N3O7. The zero-order chi connectivity index (χ0) is 27.9. The van der Waals surface area contributed by atoms with Gasteiger partial charge in [-0.3, -0.25) is 24.6 Å². The Morgan fingerprint density at radius 1 is 0.923 bits per heavy atom. The molecule has 200 valence electrons. The zero-order valence-electron chi connectivity index (χ0n) is 21.6. The van der Waals surface area contributed by atoms with Crippen LogP contribution in [0.5, 0.6) is 17.2 Å². The molecule has 0 atom stereocenters. The summed E-state index contributed by atoms with van der Waals surface area (Å²) in [5.41, 5.74) is 2.40. The number of hydrogen-bond donors (Lipinski definition) is 2. The largest absolute Gasteiger partial charge is 0.497 e. The third-order valence-corrected chi connectivity index (χ3v) is 5.87. The van der Waals surface area contributed by atoms with E-state index in [1.165, 1.54) is 20.1 Å². The van der Waals surface area contributed by atoms with Crippen molar-refractivity contribution in [3.63, 3.8) is 0 Å². The van der Waals surface area contributed by atoms with E-state index in [-0.39, 0.29) is 24.6 Å². The van der Waals surface area contributed by atoms with Crippen LogP contribution in [0.1, 0.15) is 23.6 Å². The van der Waals surface area contributed by atoms with Crippen molar-refractivity contribution in [2.45, 2.75) is 20.1 Å². The molecule has 0 radical (unpaired) electrons. The van der Waals surface area contributed by atoms with E-state index >= 15 is 0 Å². The smallest absolute Gasteiger partial charge is 0.331 e. The predicted molar refractivity (Wildman–Crippen MR) is 143 cm³/mol. The number of barbiturate groups is 1. The standard InChI is InChI=1S/C29H27N3O7/c1-18(33)30-22-7-11-24(12-8-22)39-17-21-14-20(6-13-26(21)38-3)15-25-27(34)31-29(36)32(28(25)35)16-19-4-9-23(37-2)10-5-19/h4-15H,16-17H2,1-3H3,(H,30,33)(H,31,34,36). The fraction of sp³-hybridized carbons (Fsp3) is 0.172. The third-order valence-electron chi connectivity index (χ3n) is 5.87. The second kappa shape index (κ2) is 12.0. The van der Waals surface area contributed by atoms with Crippen molar-refractivity contribution in [2.24, 2.45) is 0 Å². The molecule has 0 bridgehead atoms. The van der Waals surface area contributed by atoms with Gasteiger partial charge in [0.2, 0.25) is 5.91 Å². The van der Waals surface area contributed by atoms with Crippen molar-refractivity contribution in [2.75, 3.05) is 19.5 Å². The van der Waals surface area contributed by atoms with Gasteiger partial charge in [-0.05, 0) is 65.7 Å². The van der Waals surface area contributed by atoms with Gasteiger partial charge >= 0.3 is 6.03 Å². The Kier molecular flexibility index (Phi) is 8.25. The molecule has 0 aliphatic carbocycles. The van der Waals surface area contributed by atoms with Gasteiger partial charge in [-0.25, -0.2) is 4.79 Å². The SMILES string of the molecule is COc1ccc(CN2C(=O)NC(=O)C(=Cc3ccc(OC)c(COc4ccc(NC(C)=O)cc4)c3)C2=O)cc1. The van der Waals surface area contributed by atoms with E-state index in [0.29, 0.717) is 39.6 Å². The Hall–Kier alpha value is -5.12. The minimum atomic E-state index is -0.786. The number of ether oxygens (including phenoxy) is 3. The van der Waals surface area contributed by atoms with E-state index in [9.17, 15) is 19.2 Å². The number of imide groups is 2. The van der Waals surface area contributed by atoms with Crippen LogP contribution in [-0.2, 0) is 27.5 Å². The number of amides is 5. The highest BCUT2D eigenvalue weighted by Crippen LogP contribution is 2.25. The number of carbonyl (C=O) groups is 4. The average Bonchev–Trinajstić information content (AvgIpc) is 2.93. The van der Waals surface area contributed by atoms with Crippen LogP contribution in [0.4, 0.5) is 10.5 Å². The Morgan fingerprint density at radius 3 is 2.26 bits per heavy atom. The fourth-order valence-corrected chi connectivity index (χ4v) is 3.92. The molecular weight excluding hydrogens is 502 g/mol. The van der Waals surface area contributed by atoms with Crippen LogP contribution < -0.4 is 24.8 Å². The predicted octanol–water partition coefficient (Wildman–Crippen LogP) is 3.90. The van der Waals surface area contributed by atoms with E-state index in [1.807, 2.05) is 0 Å². The van der Waals surface area contributed by atoms with Gasteiger partial charge in [0.25, 0.3) is 11.8 Å². The molecule has 10 nitrogen and oxygen atoms in total. The summed E-state index contributed by atoms with van der Waals surface area (Å²) in [5.74, 6) is 0.131. The number of rotatable bonds is 9. The molecule has 0 unspecified atom stereocenters. The van der Waals surface area contributed by atoms with E-state index < -0.39 is 17.8 Å². The number of carbonyl (C=O) groups excluding carboxylic acids is 4. The van der Waals surface area contributed by atoms with Crippen LogP contribution in [0.2, 0.25) is 0 Å². The van der Waals surface area contributed by atoms with Gasteiger partial charge in [-0.2, -0.15) is 0 Å². The molecule has 3 aromatic carbocycles. The van der Waals surface area contributed by atoms with Crippen LogP contribution in [0, 0.1) is 0 Å². The number of urea groups is 1. The topological polar surface area (TPSA) is 123 Å². The first kappa shape index (κ1) is 26.9. The quantitative estimate of drug-likeness (QED) is 0.318. The molecule has 0 spiro atoms. The third kappa shape index (κ3) is 6.61. The van der Waals surface area contributed by atoms with Crippen molar-refractivity contribution in [1.29, 1.82) is 0 Å². The highest BCUT2D eigenvalue weighted by atomic mass is 16.5. The molecule has 0 aromatic heterocycles. The van der Waals surface area contributed by atoms with Crippen molar-refractivity contribution in [3.05, 3.63) is 89.0 Å². The van der Waals surface area contributed by atoms with Crippen LogP contribution >= 0.6 is 0 Å². The first-order valence-electron chi connectivity index (χ1n) is 12.0. The van der Waals surface area contributed by atoms with Gasteiger partial charge in [0, 0.05) is 18.2 Å². The molecule has 0 saturated carbocycles. The fourth-order valence-electron chi connectivity index (χ4n) is 3.92. The molecule has 1 saturated heterocycles. The van der Waals surface area contributed by atoms with Crippen molar-refractivity contribution >= 4 is 35.5 Å². The van der Waals surface area contributed by atoms with Crippen LogP contribution in [0.15, 0.2) is 72.3 Å². The number of methoxy groups -OCH3 is 2. The monoisotopic (exact) mass is 529 g/mol. The Bertz CT molecular complexity index is 1430. The minimum Gasteiger partial charge on any atom is -0.497 e. The number of nitrogens with one attached hydrogen (secondary N) is 2. The minimum absolute atomic E-state index is 0.0122. The highest BCUT2D eigenvalue weighted by Gasteiger charge is 2.35. The summed E-state index contributed by atoms with van der Waals surface area (Å²) >= 11 is 0. The van der Waals surface area contributed by atoms with Gasteiger partial charge in [-0.15, -0.1) is 0 Å². The van der Waals surface area contributed by atoms with E-state index in [2.05, 4.69) is 10.6 Å². The summed E-state index contributed by atoms with van der Waals surface area (Å²) < 4.78 is 16.5. The summed E-state index contributed by atoms with van der Waals surface area (Å²) in [4.78, 5) is 50.4. The van der Waals surface area contributed by atoms with Crippen LogP contribution in [0.3, 0.4) is 0 Å². The molecule has 10 heteroatoms. The summed E-state index contributed by atoms with van der Waals surface area (Å²) in [6, 6.07) is 18.2. The maximum Gasteiger partial charge on any atom is 0.331 e. The van der Waals surface area contributed by atoms with Crippen LogP contribution in [0.25, 0.3) is 6.08 Å². The van der Waals surface area contributed by atoms with E-state index in [4.69, 9.17) is 14.2 Å². The zero-order valence-corrected chi connectivity index (χ0v) is 21.6. The normalized spacial score (nSPS) is 14.2. The second-order valence-corrected chi connectivity index (χ2v) is 8.62. The highest BCUT2D eigenvalue weighted by molar-refractivity contribution is 6.30. The molecule has 3 aromatic rings. The second-order valence-electron chi connectivity index (χ2n) is 8.62. The Morgan fingerprint density at radius 2 is 1.62 bits per heavy atom. The first-order chi connectivity index (χ1) is 18.8. The molecule has 1 heterocycles. The van der Waals surface area contributed by atoms with Crippen molar-refractivity contribution < 1.29 is 33.4 Å². The molecule has 1 aliphatic heterocycles.